The first-order valence-corrected chi connectivity index (χ1v) is 6.85. The van der Waals surface area contributed by atoms with E-state index in [9.17, 15) is 4.79 Å². The van der Waals surface area contributed by atoms with E-state index in [1.165, 1.54) is 0 Å². The fraction of sp³-hybridized carbons (Fsp3) is 0.533. The number of ether oxygens (including phenoxy) is 2. The average Bonchev–Trinajstić information content (AvgIpc) is 3.21. The van der Waals surface area contributed by atoms with Crippen LogP contribution in [0.1, 0.15) is 37.2 Å². The predicted molar refractivity (Wildman–Crippen MR) is 69.1 cm³/mol. The Balaban J connectivity index is 1.58. The van der Waals surface area contributed by atoms with Crippen LogP contribution in [0.5, 0.6) is 5.75 Å². The molecule has 0 aromatic heterocycles. The second kappa shape index (κ2) is 5.21. The highest BCUT2D eigenvalue weighted by molar-refractivity contribution is 5.75. The molecule has 2 fully saturated rings. The van der Waals surface area contributed by atoms with E-state index in [0.29, 0.717) is 0 Å². The maximum absolute atomic E-state index is 10.8. The molecule has 4 heteroatoms. The van der Waals surface area contributed by atoms with Gasteiger partial charge in [0.15, 0.2) is 6.29 Å². The number of hydrogen-bond donors (Lipinski definition) is 1. The maximum atomic E-state index is 10.8. The summed E-state index contributed by atoms with van der Waals surface area (Å²) in [6, 6.07) is 7.74. The summed E-state index contributed by atoms with van der Waals surface area (Å²) in [5.74, 6) is 0.0787. The van der Waals surface area contributed by atoms with Crippen molar-refractivity contribution in [3.05, 3.63) is 29.8 Å². The minimum absolute atomic E-state index is 0.132. The molecule has 1 aliphatic carbocycles. The van der Waals surface area contributed by atoms with E-state index >= 15 is 0 Å². The summed E-state index contributed by atoms with van der Waals surface area (Å²) in [5, 5.41) is 8.91. The number of carboxylic acids is 1. The Kier molecular flexibility index (Phi) is 3.42. The van der Waals surface area contributed by atoms with Crippen LogP contribution < -0.4 is 4.74 Å². The van der Waals surface area contributed by atoms with E-state index in [0.717, 1.165) is 43.6 Å². The minimum atomic E-state index is -0.694. The quantitative estimate of drug-likeness (QED) is 0.906. The Morgan fingerprint density at radius 2 is 2.05 bits per heavy atom. The summed E-state index contributed by atoms with van der Waals surface area (Å²) in [6.07, 6.45) is 3.81. The van der Waals surface area contributed by atoms with Crippen LogP contribution >= 0.6 is 0 Å². The lowest BCUT2D eigenvalue weighted by molar-refractivity contribution is -0.138. The SMILES string of the molecule is O=C(O)[C@@H]1C[C@H]1c1ccc(OC2CCCCO2)cc1. The molecule has 1 saturated heterocycles. The first-order valence-electron chi connectivity index (χ1n) is 6.85. The summed E-state index contributed by atoms with van der Waals surface area (Å²) in [7, 11) is 0. The number of benzene rings is 1. The van der Waals surface area contributed by atoms with Crippen molar-refractivity contribution in [2.24, 2.45) is 5.92 Å². The largest absolute Gasteiger partial charge is 0.481 e. The average molecular weight is 262 g/mol. The molecule has 102 valence electrons. The second-order valence-electron chi connectivity index (χ2n) is 5.27. The minimum Gasteiger partial charge on any atom is -0.481 e. The van der Waals surface area contributed by atoms with Crippen LogP contribution in [0.2, 0.25) is 0 Å². The van der Waals surface area contributed by atoms with Crippen molar-refractivity contribution >= 4 is 5.97 Å². The van der Waals surface area contributed by atoms with E-state index in [1.807, 2.05) is 24.3 Å². The molecule has 1 N–H and O–H groups in total. The Labute approximate surface area is 112 Å². The van der Waals surface area contributed by atoms with E-state index in [-0.39, 0.29) is 18.1 Å². The zero-order valence-electron chi connectivity index (χ0n) is 10.7. The van der Waals surface area contributed by atoms with Crippen LogP contribution in [0.3, 0.4) is 0 Å². The number of aliphatic carboxylic acids is 1. The number of rotatable bonds is 4. The van der Waals surface area contributed by atoms with Gasteiger partial charge in [0.05, 0.1) is 12.5 Å². The van der Waals surface area contributed by atoms with Crippen LogP contribution in [-0.4, -0.2) is 24.0 Å². The normalized spacial score (nSPS) is 29.8. The molecule has 0 bridgehead atoms. The van der Waals surface area contributed by atoms with Gasteiger partial charge in [0.25, 0.3) is 0 Å². The maximum Gasteiger partial charge on any atom is 0.307 e. The lowest BCUT2D eigenvalue weighted by Gasteiger charge is -2.23. The molecule has 1 aliphatic heterocycles. The molecular weight excluding hydrogens is 244 g/mol. The Bertz CT molecular complexity index is 448. The van der Waals surface area contributed by atoms with Gasteiger partial charge >= 0.3 is 5.97 Å². The highest BCUT2D eigenvalue weighted by atomic mass is 16.7. The summed E-state index contributed by atoms with van der Waals surface area (Å²) in [5.41, 5.74) is 1.09. The van der Waals surface area contributed by atoms with Gasteiger partial charge < -0.3 is 14.6 Å². The van der Waals surface area contributed by atoms with Crippen molar-refractivity contribution < 1.29 is 19.4 Å². The third-order valence-electron chi connectivity index (χ3n) is 3.82. The molecule has 0 radical (unpaired) electrons. The lowest BCUT2D eigenvalue weighted by Crippen LogP contribution is -2.24. The first kappa shape index (κ1) is 12.5. The van der Waals surface area contributed by atoms with Crippen LogP contribution in [0.4, 0.5) is 0 Å². The van der Waals surface area contributed by atoms with Gasteiger partial charge in [-0.2, -0.15) is 0 Å². The number of hydrogen-bond acceptors (Lipinski definition) is 3. The van der Waals surface area contributed by atoms with Crippen molar-refractivity contribution in [2.45, 2.75) is 37.9 Å². The highest BCUT2D eigenvalue weighted by Crippen LogP contribution is 2.47. The van der Waals surface area contributed by atoms with Gasteiger partial charge in [-0.05, 0) is 42.9 Å². The smallest absolute Gasteiger partial charge is 0.307 e. The standard InChI is InChI=1S/C15H18O4/c16-15(17)13-9-12(13)10-4-6-11(7-5-10)19-14-3-1-2-8-18-14/h4-7,12-14H,1-3,8-9H2,(H,16,17)/t12-,13+,14?/m0/s1. The van der Waals surface area contributed by atoms with Gasteiger partial charge in [-0.25, -0.2) is 0 Å². The molecule has 1 aromatic carbocycles. The Morgan fingerprint density at radius 1 is 1.26 bits per heavy atom. The van der Waals surface area contributed by atoms with Gasteiger partial charge in [0.2, 0.25) is 0 Å². The molecular formula is C15H18O4. The first-order chi connectivity index (χ1) is 9.24. The third kappa shape index (κ3) is 2.89. The molecule has 1 heterocycles. The summed E-state index contributed by atoms with van der Waals surface area (Å²) in [4.78, 5) is 10.8. The second-order valence-corrected chi connectivity index (χ2v) is 5.27. The Hall–Kier alpha value is -1.55. The van der Waals surface area contributed by atoms with E-state index in [4.69, 9.17) is 14.6 Å². The monoisotopic (exact) mass is 262 g/mol. The zero-order chi connectivity index (χ0) is 13.2. The van der Waals surface area contributed by atoms with Gasteiger partial charge in [-0.15, -0.1) is 0 Å². The van der Waals surface area contributed by atoms with E-state index < -0.39 is 5.97 Å². The number of carboxylic acid groups (broad SMARTS) is 1. The van der Waals surface area contributed by atoms with Gasteiger partial charge in [0, 0.05) is 6.42 Å². The molecule has 19 heavy (non-hydrogen) atoms. The van der Waals surface area contributed by atoms with Crippen LogP contribution in [0.15, 0.2) is 24.3 Å². The van der Waals surface area contributed by atoms with Gasteiger partial charge in [-0.3, -0.25) is 4.79 Å². The van der Waals surface area contributed by atoms with Crippen LogP contribution in [-0.2, 0) is 9.53 Å². The molecule has 4 nitrogen and oxygen atoms in total. The fourth-order valence-corrected chi connectivity index (χ4v) is 2.59. The molecule has 1 aromatic rings. The van der Waals surface area contributed by atoms with Gasteiger partial charge in [-0.1, -0.05) is 12.1 Å². The molecule has 0 amide bonds. The van der Waals surface area contributed by atoms with E-state index in [1.54, 1.807) is 0 Å². The topological polar surface area (TPSA) is 55.8 Å². The molecule has 2 aliphatic rings. The lowest BCUT2D eigenvalue weighted by atomic mass is 10.1. The fourth-order valence-electron chi connectivity index (χ4n) is 2.59. The van der Waals surface area contributed by atoms with Crippen LogP contribution in [0.25, 0.3) is 0 Å². The molecule has 3 rings (SSSR count). The van der Waals surface area contributed by atoms with Crippen molar-refractivity contribution in [2.75, 3.05) is 6.61 Å². The molecule has 1 unspecified atom stereocenters. The molecule has 1 saturated carbocycles. The number of carbonyl (C=O) groups is 1. The predicted octanol–water partition coefficient (Wildman–Crippen LogP) is 2.78. The van der Waals surface area contributed by atoms with Crippen molar-refractivity contribution in [1.29, 1.82) is 0 Å². The third-order valence-corrected chi connectivity index (χ3v) is 3.82. The summed E-state index contributed by atoms with van der Waals surface area (Å²) < 4.78 is 11.3. The Morgan fingerprint density at radius 3 is 2.63 bits per heavy atom. The van der Waals surface area contributed by atoms with Crippen molar-refractivity contribution in [3.63, 3.8) is 0 Å². The molecule has 0 spiro atoms. The molecule has 3 atom stereocenters. The summed E-state index contributed by atoms with van der Waals surface area (Å²) >= 11 is 0. The van der Waals surface area contributed by atoms with Crippen molar-refractivity contribution in [3.8, 4) is 5.75 Å². The van der Waals surface area contributed by atoms with Gasteiger partial charge in [0.1, 0.15) is 5.75 Å². The summed E-state index contributed by atoms with van der Waals surface area (Å²) in [6.45, 7) is 0.769. The highest BCUT2D eigenvalue weighted by Gasteiger charge is 2.44. The van der Waals surface area contributed by atoms with Crippen molar-refractivity contribution in [1.82, 2.24) is 0 Å². The zero-order valence-corrected chi connectivity index (χ0v) is 10.7. The van der Waals surface area contributed by atoms with E-state index in [2.05, 4.69) is 0 Å². The van der Waals surface area contributed by atoms with Crippen LogP contribution in [0, 0.1) is 5.92 Å².